The molecule has 2 aliphatic carbocycles. The number of nitrogens with zero attached hydrogens (tertiary/aromatic N) is 4. The van der Waals surface area contributed by atoms with Crippen LogP contribution in [0.15, 0.2) is 78.5 Å². The van der Waals surface area contributed by atoms with Crippen LogP contribution in [0.25, 0.3) is 0 Å². The van der Waals surface area contributed by atoms with Crippen molar-refractivity contribution >= 4 is 11.7 Å². The summed E-state index contributed by atoms with van der Waals surface area (Å²) in [6.45, 7) is 7.55. The molecule has 2 aromatic heterocycles. The molecule has 2 aliphatic rings. The molecule has 0 aliphatic heterocycles. The molecule has 1 unspecified atom stereocenters. The number of pyridine rings is 1. The SMILES string of the molecule is CC(=O)N(CCCCOc1cccc(C)ncnc(NC2/C=C\C(OCc3ccccn3)=C(\C)CCC2)c1)C1CCC1. The Kier molecular flexibility index (Phi) is 12.2. The standard InChI is InChI=1S/C34H45N5O3/c1-26-11-8-14-29(18-19-33(26)42-24-30-13-4-5-20-35-30)38-34-23-32(17-9-12-27(2)36-25-37-34)41-22-7-6-21-39(28(3)40)31-15-10-16-31/h4-5,9,12-13,17-20,23,25,29,31H,6-8,10-11,14-16,21-22,24H2,1-3H3,(H,36,37,38)/b19-18-,33-26+. The molecule has 1 saturated carbocycles. The monoisotopic (exact) mass is 571 g/mol. The zero-order valence-electron chi connectivity index (χ0n) is 25.3. The lowest BCUT2D eigenvalue weighted by Crippen LogP contribution is -2.43. The second-order valence-corrected chi connectivity index (χ2v) is 11.1. The van der Waals surface area contributed by atoms with Crippen LogP contribution in [0, 0.1) is 6.92 Å². The molecule has 0 bridgehead atoms. The van der Waals surface area contributed by atoms with E-state index in [0.717, 1.165) is 74.4 Å². The Labute approximate surface area is 250 Å². The van der Waals surface area contributed by atoms with Gasteiger partial charge >= 0.3 is 0 Å². The number of unbranched alkanes of at least 4 members (excludes halogenated alkanes) is 1. The van der Waals surface area contributed by atoms with Gasteiger partial charge in [-0.1, -0.05) is 18.2 Å². The summed E-state index contributed by atoms with van der Waals surface area (Å²) in [5, 5.41) is 3.58. The van der Waals surface area contributed by atoms with Crippen LogP contribution in [-0.2, 0) is 16.1 Å². The Bertz CT molecular complexity index is 1270. The van der Waals surface area contributed by atoms with Gasteiger partial charge in [0.25, 0.3) is 0 Å². The van der Waals surface area contributed by atoms with Crippen LogP contribution in [0.2, 0.25) is 0 Å². The van der Waals surface area contributed by atoms with Gasteiger partial charge in [-0.25, -0.2) is 9.97 Å². The summed E-state index contributed by atoms with van der Waals surface area (Å²) in [6, 6.07) is 14.1. The van der Waals surface area contributed by atoms with Gasteiger partial charge in [0.15, 0.2) is 0 Å². The topological polar surface area (TPSA) is 89.5 Å². The fraction of sp³-hybridized carbons (Fsp3) is 0.471. The number of aryl methyl sites for hydroxylation is 1. The number of nitrogens with one attached hydrogen (secondary N) is 1. The molecule has 2 heterocycles. The lowest BCUT2D eigenvalue weighted by Gasteiger charge is -2.37. The molecular formula is C34H45N5O3. The maximum Gasteiger partial charge on any atom is 0.219 e. The van der Waals surface area contributed by atoms with Crippen molar-refractivity contribution in [2.24, 2.45) is 0 Å². The average molecular weight is 572 g/mol. The van der Waals surface area contributed by atoms with Crippen molar-refractivity contribution in [1.82, 2.24) is 19.9 Å². The second kappa shape index (κ2) is 16.5. The molecule has 1 amide bonds. The summed E-state index contributed by atoms with van der Waals surface area (Å²) < 4.78 is 12.3. The van der Waals surface area contributed by atoms with E-state index < -0.39 is 0 Å². The molecule has 0 spiro atoms. The molecule has 0 radical (unpaired) electrons. The highest BCUT2D eigenvalue weighted by molar-refractivity contribution is 5.73. The zero-order valence-corrected chi connectivity index (χ0v) is 25.3. The van der Waals surface area contributed by atoms with E-state index in [-0.39, 0.29) is 11.9 Å². The quantitative estimate of drug-likeness (QED) is 0.278. The van der Waals surface area contributed by atoms with Crippen molar-refractivity contribution in [3.63, 3.8) is 0 Å². The van der Waals surface area contributed by atoms with Gasteiger partial charge in [0, 0.05) is 43.5 Å². The summed E-state index contributed by atoms with van der Waals surface area (Å²) in [5.74, 6) is 2.49. The number of hydrogen-bond donors (Lipinski definition) is 1. The van der Waals surface area contributed by atoms with Crippen molar-refractivity contribution < 1.29 is 14.3 Å². The van der Waals surface area contributed by atoms with Gasteiger partial charge in [0.2, 0.25) is 5.91 Å². The van der Waals surface area contributed by atoms with Crippen molar-refractivity contribution in [3.8, 4) is 5.75 Å². The lowest BCUT2D eigenvalue weighted by molar-refractivity contribution is -0.132. The number of amides is 1. The Balaban J connectivity index is 1.40. The summed E-state index contributed by atoms with van der Waals surface area (Å²) in [4.78, 5) is 27.5. The summed E-state index contributed by atoms with van der Waals surface area (Å²) in [5.41, 5.74) is 3.01. The highest BCUT2D eigenvalue weighted by Crippen LogP contribution is 2.25. The van der Waals surface area contributed by atoms with Gasteiger partial charge in [-0.05, 0) is 101 Å². The van der Waals surface area contributed by atoms with E-state index in [4.69, 9.17) is 9.47 Å². The van der Waals surface area contributed by atoms with E-state index in [1.54, 1.807) is 19.4 Å². The predicted octanol–water partition coefficient (Wildman–Crippen LogP) is 6.88. The van der Waals surface area contributed by atoms with E-state index in [1.807, 2.05) is 54.3 Å². The maximum absolute atomic E-state index is 12.0. The zero-order chi connectivity index (χ0) is 29.6. The molecule has 0 aromatic carbocycles. The molecule has 2 aromatic rings. The number of aromatic nitrogens is 3. The smallest absolute Gasteiger partial charge is 0.219 e. The lowest BCUT2D eigenvalue weighted by atomic mass is 9.91. The molecule has 1 N–H and O–H groups in total. The predicted molar refractivity (Wildman–Crippen MR) is 166 cm³/mol. The molecule has 1 fully saturated rings. The number of allylic oxidation sites excluding steroid dienone is 2. The second-order valence-electron chi connectivity index (χ2n) is 11.1. The third-order valence-corrected chi connectivity index (χ3v) is 7.72. The van der Waals surface area contributed by atoms with E-state index in [1.165, 1.54) is 12.0 Å². The van der Waals surface area contributed by atoms with Crippen LogP contribution in [0.1, 0.15) is 76.6 Å². The van der Waals surface area contributed by atoms with Crippen LogP contribution >= 0.6 is 0 Å². The molecule has 42 heavy (non-hydrogen) atoms. The maximum atomic E-state index is 12.0. The number of anilines is 1. The molecule has 4 rings (SSSR count). The van der Waals surface area contributed by atoms with Gasteiger partial charge in [-0.2, -0.15) is 0 Å². The van der Waals surface area contributed by atoms with Crippen LogP contribution in [-0.4, -0.2) is 51.0 Å². The van der Waals surface area contributed by atoms with Crippen molar-refractivity contribution in [2.75, 3.05) is 18.5 Å². The van der Waals surface area contributed by atoms with Crippen LogP contribution in [0.4, 0.5) is 5.82 Å². The normalized spacial score (nSPS) is 19.4. The van der Waals surface area contributed by atoms with Crippen LogP contribution in [0.5, 0.6) is 5.75 Å². The summed E-state index contributed by atoms with van der Waals surface area (Å²) >= 11 is 0. The average Bonchev–Trinajstić information content (AvgIpc) is 2.94. The number of carbonyl (C=O) groups excluding carboxylic acids is 1. The van der Waals surface area contributed by atoms with E-state index in [0.29, 0.717) is 25.1 Å². The third kappa shape index (κ3) is 10.2. The first kappa shape index (κ1) is 31.0. The largest absolute Gasteiger partial charge is 0.493 e. The highest BCUT2D eigenvalue weighted by atomic mass is 16.5. The van der Waals surface area contributed by atoms with Gasteiger partial charge in [-0.3, -0.25) is 9.78 Å². The first-order valence-electron chi connectivity index (χ1n) is 15.2. The van der Waals surface area contributed by atoms with E-state index >= 15 is 0 Å². The fourth-order valence-electron chi connectivity index (χ4n) is 5.04. The van der Waals surface area contributed by atoms with Gasteiger partial charge in [-0.15, -0.1) is 0 Å². The highest BCUT2D eigenvalue weighted by Gasteiger charge is 2.26. The Hall–Kier alpha value is -3.94. The molecule has 224 valence electrons. The molecule has 8 heteroatoms. The number of rotatable bonds is 12. The molecule has 8 nitrogen and oxygen atoms in total. The fourth-order valence-corrected chi connectivity index (χ4v) is 5.04. The first-order chi connectivity index (χ1) is 20.5. The van der Waals surface area contributed by atoms with Crippen LogP contribution in [0.3, 0.4) is 0 Å². The van der Waals surface area contributed by atoms with Crippen LogP contribution < -0.4 is 10.1 Å². The third-order valence-electron chi connectivity index (χ3n) is 7.72. The first-order valence-corrected chi connectivity index (χ1v) is 15.2. The van der Waals surface area contributed by atoms with Crippen molar-refractivity contribution in [1.29, 1.82) is 0 Å². The minimum Gasteiger partial charge on any atom is -0.493 e. The van der Waals surface area contributed by atoms with Gasteiger partial charge in [0.05, 0.1) is 12.3 Å². The minimum atomic E-state index is 0.0730. The van der Waals surface area contributed by atoms with Gasteiger partial charge in [0.1, 0.15) is 30.3 Å². The van der Waals surface area contributed by atoms with Gasteiger partial charge < -0.3 is 19.7 Å². The number of ether oxygens (including phenoxy) is 2. The number of carbonyl (C=O) groups is 1. The Morgan fingerprint density at radius 2 is 1.88 bits per heavy atom. The van der Waals surface area contributed by atoms with E-state index in [9.17, 15) is 4.79 Å². The summed E-state index contributed by atoms with van der Waals surface area (Å²) in [7, 11) is 0. The molecule has 0 saturated heterocycles. The Morgan fingerprint density at radius 1 is 1.00 bits per heavy atom. The molecular weight excluding hydrogens is 526 g/mol. The van der Waals surface area contributed by atoms with E-state index in [2.05, 4.69) is 39.3 Å². The van der Waals surface area contributed by atoms with Crippen molar-refractivity contribution in [3.05, 3.63) is 89.9 Å². The van der Waals surface area contributed by atoms with Crippen molar-refractivity contribution in [2.45, 2.75) is 90.8 Å². The summed E-state index contributed by atoms with van der Waals surface area (Å²) in [6.07, 6.45) is 15.8. The number of hydrogen-bond acceptors (Lipinski definition) is 7. The Morgan fingerprint density at radius 3 is 2.64 bits per heavy atom. The molecule has 1 atom stereocenters. The minimum absolute atomic E-state index is 0.0730.